The van der Waals surface area contributed by atoms with Gasteiger partial charge < -0.3 is 29.5 Å². The van der Waals surface area contributed by atoms with E-state index in [-0.39, 0.29) is 18.2 Å². The summed E-state index contributed by atoms with van der Waals surface area (Å²) in [7, 11) is 1.59. The Bertz CT molecular complexity index is 783. The molecule has 55 heavy (non-hydrogen) atoms. The fraction of sp³-hybridized carbons (Fsp3) is 0.957. The molecule has 0 rings (SSSR count). The predicted molar refractivity (Wildman–Crippen MR) is 233 cm³/mol. The molecule has 0 aromatic heterocycles. The van der Waals surface area contributed by atoms with Crippen LogP contribution in [0.2, 0.25) is 0 Å². The Hall–Kier alpha value is -1.38. The van der Waals surface area contributed by atoms with E-state index in [1.54, 1.807) is 7.05 Å². The van der Waals surface area contributed by atoms with Gasteiger partial charge in [0, 0.05) is 20.0 Å². The molecule has 0 aromatic carbocycles. The van der Waals surface area contributed by atoms with Gasteiger partial charge in [0.05, 0.1) is 19.3 Å². The SMILES string of the molecule is CCCCCCCCCOC(=O)CCCCCCCN(CCCCCCCC(O)OC(CCCCCCCC)CCCCCCCC)CCCOC(=O)NC. The van der Waals surface area contributed by atoms with Gasteiger partial charge in [-0.25, -0.2) is 4.79 Å². The molecule has 0 heterocycles. The average molecular weight is 783 g/mol. The van der Waals surface area contributed by atoms with E-state index in [9.17, 15) is 14.7 Å². The Kier molecular flexibility index (Phi) is 42.6. The van der Waals surface area contributed by atoms with Crippen molar-refractivity contribution in [2.24, 2.45) is 0 Å². The van der Waals surface area contributed by atoms with Crippen molar-refractivity contribution in [2.45, 2.75) is 251 Å². The number of hydrogen-bond acceptors (Lipinski definition) is 7. The van der Waals surface area contributed by atoms with Crippen molar-refractivity contribution in [3.8, 4) is 0 Å². The Labute approximate surface area is 341 Å². The molecule has 0 spiro atoms. The highest BCUT2D eigenvalue weighted by atomic mass is 16.6. The number of esters is 1. The number of aliphatic hydroxyl groups excluding tert-OH is 1. The fourth-order valence-electron chi connectivity index (χ4n) is 7.37. The molecule has 2 N–H and O–H groups in total. The number of alkyl carbamates (subject to hydrolysis) is 1. The van der Waals surface area contributed by atoms with Crippen molar-refractivity contribution in [1.82, 2.24) is 10.2 Å². The van der Waals surface area contributed by atoms with Crippen molar-refractivity contribution in [2.75, 3.05) is 39.9 Å². The maximum Gasteiger partial charge on any atom is 0.406 e. The molecule has 8 nitrogen and oxygen atoms in total. The normalized spacial score (nSPS) is 12.1. The zero-order valence-electron chi connectivity index (χ0n) is 37.2. The van der Waals surface area contributed by atoms with Crippen LogP contribution in [0, 0.1) is 0 Å². The lowest BCUT2D eigenvalue weighted by Crippen LogP contribution is -2.29. The molecule has 0 fully saturated rings. The van der Waals surface area contributed by atoms with Gasteiger partial charge in [0.25, 0.3) is 0 Å². The highest BCUT2D eigenvalue weighted by molar-refractivity contribution is 5.69. The van der Waals surface area contributed by atoms with Crippen molar-refractivity contribution in [3.05, 3.63) is 0 Å². The highest BCUT2D eigenvalue weighted by Crippen LogP contribution is 2.20. The van der Waals surface area contributed by atoms with E-state index >= 15 is 0 Å². The first-order chi connectivity index (χ1) is 27.0. The minimum Gasteiger partial charge on any atom is -0.466 e. The van der Waals surface area contributed by atoms with Crippen LogP contribution in [-0.4, -0.2) is 74.4 Å². The number of nitrogens with one attached hydrogen (secondary N) is 1. The molecule has 8 heteroatoms. The number of carbonyl (C=O) groups is 2. The number of unbranched alkanes of at least 4 members (excludes halogenated alkanes) is 24. The summed E-state index contributed by atoms with van der Waals surface area (Å²) in [5.74, 6) is -0.0353. The van der Waals surface area contributed by atoms with E-state index in [4.69, 9.17) is 14.2 Å². The molecule has 328 valence electrons. The molecule has 0 aliphatic rings. The zero-order chi connectivity index (χ0) is 40.3. The Morgan fingerprint density at radius 2 is 0.891 bits per heavy atom. The molecule has 0 saturated carbocycles. The summed E-state index contributed by atoms with van der Waals surface area (Å²) in [6.07, 6.45) is 38.8. The lowest BCUT2D eigenvalue weighted by molar-refractivity contribution is -0.144. The first kappa shape index (κ1) is 53.6. The van der Waals surface area contributed by atoms with Gasteiger partial charge in [-0.1, -0.05) is 175 Å². The van der Waals surface area contributed by atoms with Crippen LogP contribution < -0.4 is 5.32 Å². The lowest BCUT2D eigenvalue weighted by Gasteiger charge is -2.23. The third kappa shape index (κ3) is 40.6. The largest absolute Gasteiger partial charge is 0.466 e. The maximum atomic E-state index is 12.1. The second-order valence-corrected chi connectivity index (χ2v) is 16.3. The summed E-state index contributed by atoms with van der Waals surface area (Å²) in [6.45, 7) is 10.8. The first-order valence-electron chi connectivity index (χ1n) is 24.0. The van der Waals surface area contributed by atoms with Crippen LogP contribution in [0.3, 0.4) is 0 Å². The first-order valence-corrected chi connectivity index (χ1v) is 24.0. The van der Waals surface area contributed by atoms with E-state index in [2.05, 4.69) is 31.0 Å². The Morgan fingerprint density at radius 3 is 1.40 bits per heavy atom. The second kappa shape index (κ2) is 43.7. The Balaban J connectivity index is 4.28. The second-order valence-electron chi connectivity index (χ2n) is 16.3. The van der Waals surface area contributed by atoms with E-state index in [0.29, 0.717) is 19.6 Å². The number of rotatable bonds is 44. The predicted octanol–water partition coefficient (Wildman–Crippen LogP) is 13.2. The monoisotopic (exact) mass is 783 g/mol. The van der Waals surface area contributed by atoms with Crippen molar-refractivity contribution in [3.63, 3.8) is 0 Å². The van der Waals surface area contributed by atoms with Gasteiger partial charge in [-0.15, -0.1) is 0 Å². The van der Waals surface area contributed by atoms with Crippen LogP contribution in [0.4, 0.5) is 4.79 Å². The van der Waals surface area contributed by atoms with E-state index in [1.165, 1.54) is 128 Å². The van der Waals surface area contributed by atoms with E-state index in [0.717, 1.165) is 103 Å². The molecule has 0 saturated heterocycles. The number of amides is 1. The van der Waals surface area contributed by atoms with E-state index in [1.807, 2.05) is 0 Å². The summed E-state index contributed by atoms with van der Waals surface area (Å²) >= 11 is 0. The molecule has 1 amide bonds. The number of hydrogen-bond donors (Lipinski definition) is 2. The third-order valence-corrected chi connectivity index (χ3v) is 11.0. The van der Waals surface area contributed by atoms with Gasteiger partial charge in [-0.05, 0) is 70.9 Å². The standard InChI is InChI=1S/C47H94N2O6/c1-5-8-11-14-17-26-33-42-53-45(50)37-29-22-18-24-31-39-49(41-34-43-54-47(52)48-4)40-32-25-19-23-30-38-46(51)55-44(35-27-20-15-12-9-6-2)36-28-21-16-13-10-7-3/h44,46,51H,5-43H2,1-4H3,(H,48,52). The summed E-state index contributed by atoms with van der Waals surface area (Å²) < 4.78 is 16.9. The van der Waals surface area contributed by atoms with Crippen molar-refractivity contribution >= 4 is 12.1 Å². The number of aliphatic hydroxyl groups is 1. The van der Waals surface area contributed by atoms with Gasteiger partial charge in [0.1, 0.15) is 0 Å². The molecule has 0 radical (unpaired) electrons. The molecular weight excluding hydrogens is 689 g/mol. The van der Waals surface area contributed by atoms with Crippen LogP contribution in [0.25, 0.3) is 0 Å². The summed E-state index contributed by atoms with van der Waals surface area (Å²) in [6, 6.07) is 0. The minimum atomic E-state index is -0.633. The molecule has 0 aliphatic carbocycles. The summed E-state index contributed by atoms with van der Waals surface area (Å²) in [5.41, 5.74) is 0. The highest BCUT2D eigenvalue weighted by Gasteiger charge is 2.15. The molecular formula is C47H94N2O6. The van der Waals surface area contributed by atoms with Crippen LogP contribution >= 0.6 is 0 Å². The Morgan fingerprint density at radius 1 is 0.491 bits per heavy atom. The van der Waals surface area contributed by atoms with Gasteiger partial charge >= 0.3 is 12.1 Å². The molecule has 0 bridgehead atoms. The van der Waals surface area contributed by atoms with Crippen LogP contribution in [0.5, 0.6) is 0 Å². The molecule has 1 unspecified atom stereocenters. The van der Waals surface area contributed by atoms with Crippen LogP contribution in [0.15, 0.2) is 0 Å². The maximum absolute atomic E-state index is 12.1. The summed E-state index contributed by atoms with van der Waals surface area (Å²) in [4.78, 5) is 26.1. The quantitative estimate of drug-likeness (QED) is 0.0361. The smallest absolute Gasteiger partial charge is 0.406 e. The van der Waals surface area contributed by atoms with Gasteiger partial charge in [0.15, 0.2) is 6.29 Å². The number of nitrogens with zero attached hydrogens (tertiary/aromatic N) is 1. The van der Waals surface area contributed by atoms with Gasteiger partial charge in [-0.3, -0.25) is 4.79 Å². The molecule has 0 aromatic rings. The van der Waals surface area contributed by atoms with E-state index < -0.39 is 6.29 Å². The minimum absolute atomic E-state index is 0.0353. The van der Waals surface area contributed by atoms with Crippen molar-refractivity contribution in [1.29, 1.82) is 0 Å². The molecule has 1 atom stereocenters. The zero-order valence-corrected chi connectivity index (χ0v) is 37.2. The third-order valence-electron chi connectivity index (χ3n) is 11.0. The van der Waals surface area contributed by atoms with Crippen molar-refractivity contribution < 1.29 is 28.9 Å². The number of carbonyl (C=O) groups excluding carboxylic acids is 2. The summed E-state index contributed by atoms with van der Waals surface area (Å²) in [5, 5.41) is 13.3. The fourth-order valence-corrected chi connectivity index (χ4v) is 7.37. The lowest BCUT2D eigenvalue weighted by atomic mass is 10.0. The average Bonchev–Trinajstić information content (AvgIpc) is 3.18. The van der Waals surface area contributed by atoms with Crippen LogP contribution in [-0.2, 0) is 19.0 Å². The van der Waals surface area contributed by atoms with Gasteiger partial charge in [-0.2, -0.15) is 0 Å². The topological polar surface area (TPSA) is 97.3 Å². The van der Waals surface area contributed by atoms with Crippen LogP contribution in [0.1, 0.15) is 239 Å². The number of ether oxygens (including phenoxy) is 3. The van der Waals surface area contributed by atoms with Gasteiger partial charge in [0.2, 0.25) is 0 Å². The molecule has 0 aliphatic heterocycles.